The molecule has 2 aromatic carbocycles. The van der Waals surface area contributed by atoms with E-state index in [9.17, 15) is 4.79 Å². The van der Waals surface area contributed by atoms with Crippen LogP contribution < -0.4 is 14.8 Å². The van der Waals surface area contributed by atoms with Gasteiger partial charge < -0.3 is 14.8 Å². The van der Waals surface area contributed by atoms with E-state index in [2.05, 4.69) is 21.2 Å². The summed E-state index contributed by atoms with van der Waals surface area (Å²) < 4.78 is 11.7. The van der Waals surface area contributed by atoms with Crippen LogP contribution in [0.2, 0.25) is 5.02 Å². The Morgan fingerprint density at radius 2 is 1.91 bits per heavy atom. The molecule has 0 heterocycles. The van der Waals surface area contributed by atoms with Crippen LogP contribution in [-0.2, 0) is 4.79 Å². The molecule has 0 saturated heterocycles. The molecule has 0 unspecified atom stereocenters. The first-order valence-electron chi connectivity index (χ1n) is 6.98. The van der Waals surface area contributed by atoms with Gasteiger partial charge in [-0.15, -0.1) is 0 Å². The molecule has 0 aliphatic rings. The Morgan fingerprint density at radius 1 is 1.22 bits per heavy atom. The lowest BCUT2D eigenvalue weighted by Gasteiger charge is -2.17. The van der Waals surface area contributed by atoms with Crippen LogP contribution in [0.1, 0.15) is 12.5 Å². The Morgan fingerprint density at radius 3 is 2.57 bits per heavy atom. The Labute approximate surface area is 148 Å². The van der Waals surface area contributed by atoms with Gasteiger partial charge in [-0.3, -0.25) is 4.79 Å². The predicted molar refractivity (Wildman–Crippen MR) is 95.6 cm³/mol. The third-order valence-electron chi connectivity index (χ3n) is 3.18. The van der Waals surface area contributed by atoms with E-state index in [0.717, 1.165) is 10.0 Å². The molecule has 0 radical (unpaired) electrons. The number of methoxy groups -OCH3 is 1. The van der Waals surface area contributed by atoms with Crippen LogP contribution in [0.4, 0.5) is 5.69 Å². The average molecular weight is 399 g/mol. The highest BCUT2D eigenvalue weighted by molar-refractivity contribution is 9.10. The molecule has 0 aromatic heterocycles. The summed E-state index contributed by atoms with van der Waals surface area (Å²) in [5.74, 6) is 0.848. The zero-order chi connectivity index (χ0) is 17.0. The van der Waals surface area contributed by atoms with Gasteiger partial charge in [-0.25, -0.2) is 0 Å². The fourth-order valence-corrected chi connectivity index (χ4v) is 2.72. The number of carbonyl (C=O) groups is 1. The summed E-state index contributed by atoms with van der Waals surface area (Å²) >= 11 is 9.39. The third-order valence-corrected chi connectivity index (χ3v) is 4.03. The molecule has 4 nitrogen and oxygen atoms in total. The first-order chi connectivity index (χ1) is 10.9. The van der Waals surface area contributed by atoms with Gasteiger partial charge in [0.25, 0.3) is 5.91 Å². The summed E-state index contributed by atoms with van der Waals surface area (Å²) in [6.07, 6.45) is -0.683. The van der Waals surface area contributed by atoms with Crippen molar-refractivity contribution in [1.29, 1.82) is 0 Å². The highest BCUT2D eigenvalue weighted by Crippen LogP contribution is 2.29. The van der Waals surface area contributed by atoms with Gasteiger partial charge in [0.05, 0.1) is 17.3 Å². The number of aryl methyl sites for hydroxylation is 1. The number of ether oxygens (including phenoxy) is 2. The van der Waals surface area contributed by atoms with Crippen molar-refractivity contribution in [3.8, 4) is 11.5 Å². The largest absolute Gasteiger partial charge is 0.495 e. The number of anilines is 1. The standard InChI is InChI=1S/C17H17BrClNO3/c1-10-4-6-15(13(18)8-10)23-11(2)17(21)20-14-9-12(19)5-7-16(14)22-3/h4-9,11H,1-3H3,(H,20,21)/t11-/m1/s1. The van der Waals surface area contributed by atoms with Gasteiger partial charge in [-0.2, -0.15) is 0 Å². The van der Waals surface area contributed by atoms with E-state index in [0.29, 0.717) is 22.2 Å². The maximum Gasteiger partial charge on any atom is 0.265 e. The lowest BCUT2D eigenvalue weighted by Crippen LogP contribution is -2.30. The molecular weight excluding hydrogens is 382 g/mol. The van der Waals surface area contributed by atoms with Crippen molar-refractivity contribution < 1.29 is 14.3 Å². The third kappa shape index (κ3) is 4.62. The molecule has 0 fully saturated rings. The normalized spacial score (nSPS) is 11.7. The number of hydrogen-bond acceptors (Lipinski definition) is 3. The molecule has 0 spiro atoms. The van der Waals surface area contributed by atoms with Crippen LogP contribution in [0.5, 0.6) is 11.5 Å². The molecule has 0 aliphatic heterocycles. The van der Waals surface area contributed by atoms with Crippen molar-refractivity contribution in [2.75, 3.05) is 12.4 Å². The monoisotopic (exact) mass is 397 g/mol. The summed E-state index contributed by atoms with van der Waals surface area (Å²) in [4.78, 5) is 12.3. The summed E-state index contributed by atoms with van der Waals surface area (Å²) in [5.41, 5.74) is 1.61. The van der Waals surface area contributed by atoms with E-state index in [1.54, 1.807) is 25.1 Å². The number of nitrogens with one attached hydrogen (secondary N) is 1. The van der Waals surface area contributed by atoms with Crippen molar-refractivity contribution in [2.45, 2.75) is 20.0 Å². The average Bonchev–Trinajstić information content (AvgIpc) is 2.50. The van der Waals surface area contributed by atoms with Crippen molar-refractivity contribution in [2.24, 2.45) is 0 Å². The fraction of sp³-hybridized carbons (Fsp3) is 0.235. The molecule has 2 rings (SSSR count). The zero-order valence-electron chi connectivity index (χ0n) is 13.0. The molecule has 6 heteroatoms. The molecule has 0 aliphatic carbocycles. The summed E-state index contributed by atoms with van der Waals surface area (Å²) in [6, 6.07) is 10.7. The molecule has 1 amide bonds. The molecular formula is C17H17BrClNO3. The number of hydrogen-bond donors (Lipinski definition) is 1. The quantitative estimate of drug-likeness (QED) is 0.785. The molecule has 2 aromatic rings. The highest BCUT2D eigenvalue weighted by atomic mass is 79.9. The SMILES string of the molecule is COc1ccc(Cl)cc1NC(=O)[C@@H](C)Oc1ccc(C)cc1Br. The van der Waals surface area contributed by atoms with Gasteiger partial charge in [0.2, 0.25) is 0 Å². The number of amides is 1. The number of benzene rings is 2. The van der Waals surface area contributed by atoms with Crippen LogP contribution in [-0.4, -0.2) is 19.1 Å². The van der Waals surface area contributed by atoms with Gasteiger partial charge in [0.1, 0.15) is 11.5 Å². The molecule has 0 bridgehead atoms. The predicted octanol–water partition coefficient (Wildman–Crippen LogP) is 4.83. The van der Waals surface area contributed by atoms with Gasteiger partial charge >= 0.3 is 0 Å². The van der Waals surface area contributed by atoms with Crippen LogP contribution in [0.25, 0.3) is 0 Å². The molecule has 0 saturated carbocycles. The first-order valence-corrected chi connectivity index (χ1v) is 8.15. The second-order valence-electron chi connectivity index (χ2n) is 5.03. The maximum atomic E-state index is 12.3. The second kappa shape index (κ2) is 7.70. The maximum absolute atomic E-state index is 12.3. The van der Waals surface area contributed by atoms with E-state index >= 15 is 0 Å². The minimum Gasteiger partial charge on any atom is -0.495 e. The summed E-state index contributed by atoms with van der Waals surface area (Å²) in [7, 11) is 1.53. The molecule has 122 valence electrons. The smallest absolute Gasteiger partial charge is 0.265 e. The Balaban J connectivity index is 2.10. The zero-order valence-corrected chi connectivity index (χ0v) is 15.4. The first kappa shape index (κ1) is 17.6. The van der Waals surface area contributed by atoms with Crippen LogP contribution in [0.15, 0.2) is 40.9 Å². The summed E-state index contributed by atoms with van der Waals surface area (Å²) in [5, 5.41) is 3.27. The van der Waals surface area contributed by atoms with Crippen molar-refractivity contribution >= 4 is 39.1 Å². The lowest BCUT2D eigenvalue weighted by molar-refractivity contribution is -0.122. The second-order valence-corrected chi connectivity index (χ2v) is 6.32. The Bertz CT molecular complexity index is 721. The molecule has 1 N–H and O–H groups in total. The van der Waals surface area contributed by atoms with Gasteiger partial charge in [-0.05, 0) is 65.7 Å². The van der Waals surface area contributed by atoms with Crippen LogP contribution in [0.3, 0.4) is 0 Å². The fourth-order valence-electron chi connectivity index (χ4n) is 1.96. The lowest BCUT2D eigenvalue weighted by atomic mass is 10.2. The minimum atomic E-state index is -0.683. The van der Waals surface area contributed by atoms with Crippen LogP contribution in [0, 0.1) is 6.92 Å². The van der Waals surface area contributed by atoms with Crippen molar-refractivity contribution in [1.82, 2.24) is 0 Å². The van der Waals surface area contributed by atoms with Gasteiger partial charge in [-0.1, -0.05) is 17.7 Å². The van der Waals surface area contributed by atoms with E-state index in [-0.39, 0.29) is 5.91 Å². The molecule has 23 heavy (non-hydrogen) atoms. The summed E-state index contributed by atoms with van der Waals surface area (Å²) in [6.45, 7) is 3.66. The molecule has 1 atom stereocenters. The van der Waals surface area contributed by atoms with Gasteiger partial charge in [0, 0.05) is 5.02 Å². The van der Waals surface area contributed by atoms with E-state index in [4.69, 9.17) is 21.1 Å². The van der Waals surface area contributed by atoms with Crippen LogP contribution >= 0.6 is 27.5 Å². The van der Waals surface area contributed by atoms with E-state index < -0.39 is 6.10 Å². The Hall–Kier alpha value is -1.72. The van der Waals surface area contributed by atoms with Crippen molar-refractivity contribution in [3.63, 3.8) is 0 Å². The van der Waals surface area contributed by atoms with Gasteiger partial charge in [0.15, 0.2) is 6.10 Å². The topological polar surface area (TPSA) is 47.6 Å². The highest BCUT2D eigenvalue weighted by Gasteiger charge is 2.18. The Kier molecular flexibility index (Phi) is 5.91. The number of rotatable bonds is 5. The number of halogens is 2. The van der Waals surface area contributed by atoms with Crippen molar-refractivity contribution in [3.05, 3.63) is 51.5 Å². The number of carbonyl (C=O) groups excluding carboxylic acids is 1. The van der Waals surface area contributed by atoms with E-state index in [1.807, 2.05) is 25.1 Å². The van der Waals surface area contributed by atoms with E-state index in [1.165, 1.54) is 7.11 Å². The minimum absolute atomic E-state index is 0.293.